The zero-order valence-corrected chi connectivity index (χ0v) is 15.3. The van der Waals surface area contributed by atoms with Gasteiger partial charge in [-0.3, -0.25) is 4.79 Å². The Balaban J connectivity index is 1.84. The number of rotatable bonds is 6. The van der Waals surface area contributed by atoms with Crippen molar-refractivity contribution in [2.45, 2.75) is 33.2 Å². The number of benzene rings is 2. The lowest BCUT2D eigenvalue weighted by atomic mass is 9.98. The second-order valence-electron chi connectivity index (χ2n) is 6.52. The van der Waals surface area contributed by atoms with Gasteiger partial charge in [0.05, 0.1) is 0 Å². The Morgan fingerprint density at radius 1 is 1.12 bits per heavy atom. The zero-order valence-electron chi connectivity index (χ0n) is 15.3. The fourth-order valence-corrected chi connectivity index (χ4v) is 2.68. The largest absolute Gasteiger partial charge is 0.340 e. The van der Waals surface area contributed by atoms with E-state index in [1.807, 2.05) is 49.4 Å². The number of carbonyl (C=O) groups is 1. The highest BCUT2D eigenvalue weighted by Crippen LogP contribution is 2.26. The fraction of sp³-hybridized carbons (Fsp3) is 0.286. The van der Waals surface area contributed by atoms with Gasteiger partial charge in [0.1, 0.15) is 6.04 Å². The van der Waals surface area contributed by atoms with Crippen molar-refractivity contribution in [3.05, 3.63) is 71.6 Å². The lowest BCUT2D eigenvalue weighted by Gasteiger charge is -2.20. The molecular formula is C21H23N3O2. The van der Waals surface area contributed by atoms with Crippen molar-refractivity contribution in [1.82, 2.24) is 15.5 Å². The molecule has 0 bridgehead atoms. The molecule has 5 heteroatoms. The highest BCUT2D eigenvalue weighted by Gasteiger charge is 2.26. The molecule has 2 unspecified atom stereocenters. The molecule has 3 rings (SSSR count). The van der Waals surface area contributed by atoms with E-state index in [0.29, 0.717) is 17.3 Å². The molecule has 0 aliphatic heterocycles. The van der Waals surface area contributed by atoms with Gasteiger partial charge in [0.25, 0.3) is 5.91 Å². The summed E-state index contributed by atoms with van der Waals surface area (Å²) in [6.45, 7) is 6.17. The molecule has 134 valence electrons. The molecule has 0 saturated carbocycles. The first kappa shape index (κ1) is 17.9. The molecule has 1 aromatic heterocycles. The van der Waals surface area contributed by atoms with E-state index in [2.05, 4.69) is 29.3 Å². The average Bonchev–Trinajstić information content (AvgIpc) is 3.16. The van der Waals surface area contributed by atoms with Crippen LogP contribution in [0.3, 0.4) is 0 Å². The number of hydrogen-bond donors (Lipinski definition) is 1. The van der Waals surface area contributed by atoms with Crippen molar-refractivity contribution in [1.29, 1.82) is 0 Å². The van der Waals surface area contributed by atoms with E-state index in [1.54, 1.807) is 12.1 Å². The number of aromatic nitrogens is 2. The zero-order chi connectivity index (χ0) is 18.5. The molecule has 3 aromatic rings. The summed E-state index contributed by atoms with van der Waals surface area (Å²) >= 11 is 0. The van der Waals surface area contributed by atoms with Gasteiger partial charge < -0.3 is 9.84 Å². The van der Waals surface area contributed by atoms with Crippen molar-refractivity contribution < 1.29 is 9.32 Å². The molecule has 5 nitrogen and oxygen atoms in total. The van der Waals surface area contributed by atoms with E-state index < -0.39 is 0 Å². The van der Waals surface area contributed by atoms with Gasteiger partial charge in [-0.2, -0.15) is 4.98 Å². The van der Waals surface area contributed by atoms with Gasteiger partial charge in [-0.15, -0.1) is 0 Å². The molecule has 2 atom stereocenters. The van der Waals surface area contributed by atoms with E-state index in [1.165, 1.54) is 5.56 Å². The summed E-state index contributed by atoms with van der Waals surface area (Å²) in [6.07, 6.45) is 0.877. The molecule has 2 aromatic carbocycles. The molecule has 1 amide bonds. The summed E-state index contributed by atoms with van der Waals surface area (Å²) in [6, 6.07) is 16.8. The second kappa shape index (κ2) is 7.95. The smallest absolute Gasteiger partial charge is 0.251 e. The number of hydrogen-bond acceptors (Lipinski definition) is 4. The van der Waals surface area contributed by atoms with Crippen LogP contribution in [0.1, 0.15) is 48.1 Å². The first-order valence-electron chi connectivity index (χ1n) is 8.85. The Morgan fingerprint density at radius 2 is 1.81 bits per heavy atom. The second-order valence-corrected chi connectivity index (χ2v) is 6.52. The minimum absolute atomic E-state index is 0.147. The van der Waals surface area contributed by atoms with Crippen LogP contribution in [0.2, 0.25) is 0 Å². The van der Waals surface area contributed by atoms with Gasteiger partial charge in [-0.05, 0) is 25.0 Å². The van der Waals surface area contributed by atoms with E-state index in [0.717, 1.165) is 12.0 Å². The van der Waals surface area contributed by atoms with Crippen LogP contribution in [0, 0.1) is 12.8 Å². The third kappa shape index (κ3) is 3.99. The van der Waals surface area contributed by atoms with Gasteiger partial charge in [0.15, 0.2) is 0 Å². The van der Waals surface area contributed by atoms with Crippen molar-refractivity contribution >= 4 is 5.91 Å². The Labute approximate surface area is 153 Å². The molecule has 1 N–H and O–H groups in total. The Bertz CT molecular complexity index is 856. The summed E-state index contributed by atoms with van der Waals surface area (Å²) in [7, 11) is 0. The van der Waals surface area contributed by atoms with Crippen LogP contribution in [-0.2, 0) is 0 Å². The maximum atomic E-state index is 12.6. The highest BCUT2D eigenvalue weighted by molar-refractivity contribution is 5.94. The number of nitrogens with one attached hydrogen (secondary N) is 1. The normalized spacial score (nSPS) is 13.2. The van der Waals surface area contributed by atoms with Crippen molar-refractivity contribution in [3.8, 4) is 11.4 Å². The molecule has 0 radical (unpaired) electrons. The molecule has 26 heavy (non-hydrogen) atoms. The van der Waals surface area contributed by atoms with E-state index >= 15 is 0 Å². The molecular weight excluding hydrogens is 326 g/mol. The number of aryl methyl sites for hydroxylation is 1. The highest BCUT2D eigenvalue weighted by atomic mass is 16.5. The summed E-state index contributed by atoms with van der Waals surface area (Å²) in [4.78, 5) is 17.1. The predicted molar refractivity (Wildman–Crippen MR) is 101 cm³/mol. The first-order valence-corrected chi connectivity index (χ1v) is 8.85. The number of nitrogens with zero attached hydrogens (tertiary/aromatic N) is 2. The Kier molecular flexibility index (Phi) is 5.46. The van der Waals surface area contributed by atoms with Crippen LogP contribution in [0.25, 0.3) is 11.4 Å². The third-order valence-corrected chi connectivity index (χ3v) is 4.55. The van der Waals surface area contributed by atoms with Gasteiger partial charge in [0, 0.05) is 11.1 Å². The summed E-state index contributed by atoms with van der Waals surface area (Å²) in [5.41, 5.74) is 2.67. The lowest BCUT2D eigenvalue weighted by molar-refractivity contribution is 0.0910. The van der Waals surface area contributed by atoms with E-state index in [-0.39, 0.29) is 17.9 Å². The standard InChI is InChI=1S/C21H23N3O2/c1-4-15(3)18(22-20(25)17-8-6-5-7-9-17)21-23-19(24-26-21)16-12-10-14(2)11-13-16/h5-13,15,18H,4H2,1-3H3,(H,22,25). The first-order chi connectivity index (χ1) is 12.6. The predicted octanol–water partition coefficient (Wildman–Crippen LogP) is 4.56. The minimum Gasteiger partial charge on any atom is -0.340 e. The molecule has 0 fully saturated rings. The van der Waals surface area contributed by atoms with Gasteiger partial charge in [-0.1, -0.05) is 73.5 Å². The van der Waals surface area contributed by atoms with Crippen LogP contribution in [0.15, 0.2) is 59.1 Å². The summed E-state index contributed by atoms with van der Waals surface area (Å²) in [5, 5.41) is 7.14. The Morgan fingerprint density at radius 3 is 2.46 bits per heavy atom. The van der Waals surface area contributed by atoms with Gasteiger partial charge >= 0.3 is 0 Å². The molecule has 0 spiro atoms. The van der Waals surface area contributed by atoms with Crippen molar-refractivity contribution in [2.24, 2.45) is 5.92 Å². The van der Waals surface area contributed by atoms with E-state index in [4.69, 9.17) is 4.52 Å². The Hall–Kier alpha value is -2.95. The molecule has 1 heterocycles. The monoisotopic (exact) mass is 349 g/mol. The number of amides is 1. The van der Waals surface area contributed by atoms with Crippen molar-refractivity contribution in [3.63, 3.8) is 0 Å². The van der Waals surface area contributed by atoms with Crippen LogP contribution in [-0.4, -0.2) is 16.0 Å². The van der Waals surface area contributed by atoms with E-state index in [9.17, 15) is 4.79 Å². The molecule has 0 saturated heterocycles. The fourth-order valence-electron chi connectivity index (χ4n) is 2.68. The lowest BCUT2D eigenvalue weighted by Crippen LogP contribution is -2.32. The molecule has 0 aliphatic rings. The van der Waals surface area contributed by atoms with Crippen LogP contribution >= 0.6 is 0 Å². The number of carbonyl (C=O) groups excluding carboxylic acids is 1. The average molecular weight is 349 g/mol. The van der Waals surface area contributed by atoms with Crippen molar-refractivity contribution in [2.75, 3.05) is 0 Å². The van der Waals surface area contributed by atoms with Crippen LogP contribution in [0.5, 0.6) is 0 Å². The third-order valence-electron chi connectivity index (χ3n) is 4.55. The van der Waals surface area contributed by atoms with Gasteiger partial charge in [-0.25, -0.2) is 0 Å². The topological polar surface area (TPSA) is 68.0 Å². The van der Waals surface area contributed by atoms with Crippen LogP contribution < -0.4 is 5.32 Å². The summed E-state index contributed by atoms with van der Waals surface area (Å²) in [5.74, 6) is 0.974. The molecule has 0 aliphatic carbocycles. The maximum absolute atomic E-state index is 12.6. The summed E-state index contributed by atoms with van der Waals surface area (Å²) < 4.78 is 5.50. The van der Waals surface area contributed by atoms with Gasteiger partial charge in [0.2, 0.25) is 11.7 Å². The minimum atomic E-state index is -0.334. The maximum Gasteiger partial charge on any atom is 0.251 e. The SMILES string of the molecule is CCC(C)C(NC(=O)c1ccccc1)c1nc(-c2ccc(C)cc2)no1. The quantitative estimate of drug-likeness (QED) is 0.708. The van der Waals surface area contributed by atoms with Crippen LogP contribution in [0.4, 0.5) is 0 Å².